The molecule has 7 heteroatoms. The summed E-state index contributed by atoms with van der Waals surface area (Å²) in [5, 5.41) is 8.31. The zero-order valence-corrected chi connectivity index (χ0v) is 6.46. The van der Waals surface area contributed by atoms with Gasteiger partial charge in [-0.25, -0.2) is 4.79 Å². The summed E-state index contributed by atoms with van der Waals surface area (Å²) in [7, 11) is 0. The lowest BCUT2D eigenvalue weighted by molar-refractivity contribution is -0.136. The van der Waals surface area contributed by atoms with Gasteiger partial charge < -0.3 is 15.6 Å². The van der Waals surface area contributed by atoms with Crippen LogP contribution in [-0.4, -0.2) is 26.5 Å². The van der Waals surface area contributed by atoms with Crippen LogP contribution in [0.25, 0.3) is 0 Å². The minimum atomic E-state index is -1.10. The van der Waals surface area contributed by atoms with Crippen molar-refractivity contribution in [1.82, 2.24) is 9.97 Å². The molecule has 0 radical (unpaired) electrons. The molecule has 0 spiro atoms. The molecule has 0 atom stereocenters. The van der Waals surface area contributed by atoms with E-state index in [1.807, 2.05) is 4.98 Å². The van der Waals surface area contributed by atoms with Gasteiger partial charge in [0.15, 0.2) is 0 Å². The molecule has 0 amide bonds. The lowest BCUT2D eigenvalue weighted by atomic mass is 10.3. The maximum atomic E-state index is 10.6. The summed E-state index contributed by atoms with van der Waals surface area (Å²) in [6.07, 6.45) is -0.362. The van der Waals surface area contributed by atoms with Crippen molar-refractivity contribution in [3.8, 4) is 0 Å². The number of carboxylic acid groups (broad SMARTS) is 1. The Labute approximate surface area is 71.4 Å². The maximum Gasteiger partial charge on any atom is 0.325 e. The molecule has 0 saturated carbocycles. The number of hydrogen-bond donors (Lipinski definition) is 3. The smallest absolute Gasteiger partial charge is 0.325 e. The van der Waals surface area contributed by atoms with Gasteiger partial charge in [-0.05, 0) is 0 Å². The van der Waals surface area contributed by atoms with E-state index in [0.717, 1.165) is 6.07 Å². The van der Waals surface area contributed by atoms with Gasteiger partial charge in [-0.3, -0.25) is 14.6 Å². The van der Waals surface area contributed by atoms with Gasteiger partial charge in [0, 0.05) is 11.8 Å². The quantitative estimate of drug-likeness (QED) is 0.488. The highest BCUT2D eigenvalue weighted by atomic mass is 16.4. The number of hydrogen-bond acceptors (Lipinski definition) is 3. The van der Waals surface area contributed by atoms with Gasteiger partial charge in [-0.2, -0.15) is 0 Å². The molecule has 1 heterocycles. The molecule has 5 N–H and O–H groups in total. The zero-order valence-electron chi connectivity index (χ0n) is 6.46. The van der Waals surface area contributed by atoms with Gasteiger partial charge in [0.1, 0.15) is 0 Å². The molecule has 1 aromatic heterocycles. The molecule has 13 heavy (non-hydrogen) atoms. The number of carbonyl (C=O) groups is 1. The van der Waals surface area contributed by atoms with Gasteiger partial charge in [-0.1, -0.05) is 0 Å². The number of nitrogens with one attached hydrogen (secondary N) is 2. The Morgan fingerprint density at radius 2 is 2.00 bits per heavy atom. The Morgan fingerprint density at radius 3 is 2.46 bits per heavy atom. The third kappa shape index (κ3) is 3.34. The first-order valence-electron chi connectivity index (χ1n) is 3.12. The van der Waals surface area contributed by atoms with Crippen molar-refractivity contribution in [3.05, 3.63) is 32.6 Å². The summed E-state index contributed by atoms with van der Waals surface area (Å²) in [4.78, 5) is 35.5. The van der Waals surface area contributed by atoms with Gasteiger partial charge >= 0.3 is 11.7 Å². The van der Waals surface area contributed by atoms with Crippen molar-refractivity contribution >= 4 is 5.97 Å². The second kappa shape index (κ2) is 4.21. The van der Waals surface area contributed by atoms with Crippen molar-refractivity contribution in [1.29, 1.82) is 0 Å². The number of aromatic amines is 2. The van der Waals surface area contributed by atoms with E-state index < -0.39 is 17.2 Å². The van der Waals surface area contributed by atoms with Crippen LogP contribution in [0, 0.1) is 0 Å². The van der Waals surface area contributed by atoms with Crippen LogP contribution in [0.2, 0.25) is 0 Å². The number of aromatic nitrogens is 2. The molecule has 0 aliphatic carbocycles. The lowest BCUT2D eigenvalue weighted by Gasteiger charge is -1.93. The van der Waals surface area contributed by atoms with Crippen molar-refractivity contribution in [2.45, 2.75) is 6.42 Å². The fourth-order valence-electron chi connectivity index (χ4n) is 0.778. The molecule has 0 aliphatic heterocycles. The number of rotatable bonds is 2. The van der Waals surface area contributed by atoms with Crippen LogP contribution >= 0.6 is 0 Å². The fraction of sp³-hybridized carbons (Fsp3) is 0.167. The van der Waals surface area contributed by atoms with E-state index in [1.165, 1.54) is 0 Å². The number of H-pyrrole nitrogens is 2. The Bertz CT molecular complexity index is 376. The predicted octanol–water partition coefficient (Wildman–Crippen LogP) is -2.13. The summed E-state index contributed by atoms with van der Waals surface area (Å²) < 4.78 is 0. The molecule has 0 saturated heterocycles. The first-order valence-corrected chi connectivity index (χ1v) is 3.12. The average molecular weight is 188 g/mol. The summed E-state index contributed by atoms with van der Waals surface area (Å²) in [6, 6.07) is 1.04. The summed E-state index contributed by atoms with van der Waals surface area (Å²) in [5.41, 5.74) is -1.20. The molecule has 0 unspecified atom stereocenters. The van der Waals surface area contributed by atoms with Crippen molar-refractivity contribution in [3.63, 3.8) is 0 Å². The van der Waals surface area contributed by atoms with E-state index in [2.05, 4.69) is 4.98 Å². The van der Waals surface area contributed by atoms with Crippen LogP contribution < -0.4 is 11.2 Å². The van der Waals surface area contributed by atoms with Crippen molar-refractivity contribution in [2.24, 2.45) is 0 Å². The summed E-state index contributed by atoms with van der Waals surface area (Å²) >= 11 is 0. The number of aliphatic carboxylic acids is 1. The fourth-order valence-corrected chi connectivity index (χ4v) is 0.778. The van der Waals surface area contributed by atoms with Gasteiger partial charge in [-0.15, -0.1) is 0 Å². The summed E-state index contributed by atoms with van der Waals surface area (Å²) in [5.74, 6) is -1.10. The van der Waals surface area contributed by atoms with Crippen LogP contribution in [0.3, 0.4) is 0 Å². The topological polar surface area (TPSA) is 135 Å². The molecule has 72 valence electrons. The third-order valence-electron chi connectivity index (χ3n) is 1.16. The monoisotopic (exact) mass is 188 g/mol. The van der Waals surface area contributed by atoms with Crippen molar-refractivity contribution < 1.29 is 15.4 Å². The molecule has 1 rings (SSSR count). The SMILES string of the molecule is O.O=C(O)Cc1cc(=O)[nH]c(=O)[nH]1. The van der Waals surface area contributed by atoms with Gasteiger partial charge in [0.05, 0.1) is 6.42 Å². The molecule has 1 aromatic rings. The third-order valence-corrected chi connectivity index (χ3v) is 1.16. The molecular formula is C6H8N2O5. The zero-order chi connectivity index (χ0) is 9.14. The van der Waals surface area contributed by atoms with Gasteiger partial charge in [0.25, 0.3) is 5.56 Å². The Kier molecular flexibility index (Phi) is 3.60. The summed E-state index contributed by atoms with van der Waals surface area (Å²) in [6.45, 7) is 0. The minimum Gasteiger partial charge on any atom is -0.481 e. The van der Waals surface area contributed by atoms with E-state index in [1.54, 1.807) is 0 Å². The highest BCUT2D eigenvalue weighted by Crippen LogP contribution is 1.86. The number of carboxylic acids is 1. The van der Waals surface area contributed by atoms with E-state index >= 15 is 0 Å². The van der Waals surface area contributed by atoms with Crippen LogP contribution in [0.4, 0.5) is 0 Å². The highest BCUT2D eigenvalue weighted by Gasteiger charge is 2.01. The molecular weight excluding hydrogens is 180 g/mol. The van der Waals surface area contributed by atoms with E-state index in [0.29, 0.717) is 0 Å². The standard InChI is InChI=1S/C6H6N2O4.H2O/c9-4-1-3(2-5(10)11)7-6(12)8-4;/h1H,2H2,(H,10,11)(H2,7,8,9,12);1H2. The maximum absolute atomic E-state index is 10.6. The Morgan fingerprint density at radius 1 is 1.38 bits per heavy atom. The lowest BCUT2D eigenvalue weighted by Crippen LogP contribution is -2.23. The molecule has 7 nitrogen and oxygen atoms in total. The molecule has 0 aliphatic rings. The highest BCUT2D eigenvalue weighted by molar-refractivity contribution is 5.69. The first kappa shape index (κ1) is 11.1. The second-order valence-corrected chi connectivity index (χ2v) is 2.18. The average Bonchev–Trinajstić information content (AvgIpc) is 1.81. The van der Waals surface area contributed by atoms with Crippen LogP contribution in [-0.2, 0) is 11.2 Å². The van der Waals surface area contributed by atoms with E-state index in [4.69, 9.17) is 5.11 Å². The van der Waals surface area contributed by atoms with E-state index in [9.17, 15) is 14.4 Å². The van der Waals surface area contributed by atoms with Crippen LogP contribution in [0.5, 0.6) is 0 Å². The Hall–Kier alpha value is -1.89. The molecule has 0 bridgehead atoms. The van der Waals surface area contributed by atoms with Crippen molar-refractivity contribution in [2.75, 3.05) is 0 Å². The van der Waals surface area contributed by atoms with E-state index in [-0.39, 0.29) is 17.6 Å². The molecule has 0 fully saturated rings. The van der Waals surface area contributed by atoms with Gasteiger partial charge in [0.2, 0.25) is 0 Å². The predicted molar refractivity (Wildman–Crippen MR) is 42.6 cm³/mol. The Balaban J connectivity index is 0.00000144. The normalized spacial score (nSPS) is 8.92. The molecule has 0 aromatic carbocycles. The van der Waals surface area contributed by atoms with Crippen LogP contribution in [0.15, 0.2) is 15.7 Å². The largest absolute Gasteiger partial charge is 0.481 e. The second-order valence-electron chi connectivity index (χ2n) is 2.18. The first-order chi connectivity index (χ1) is 5.58. The van der Waals surface area contributed by atoms with Crippen LogP contribution in [0.1, 0.15) is 5.69 Å². The minimum absolute atomic E-state index is 0.